The van der Waals surface area contributed by atoms with Crippen molar-refractivity contribution in [1.82, 2.24) is 10.7 Å². The normalized spacial score (nSPS) is 11.6. The Hall–Kier alpha value is -4.06. The molecule has 9 heteroatoms. The number of aryl methyl sites for hydroxylation is 2. The Morgan fingerprint density at radius 2 is 1.81 bits per heavy atom. The zero-order valence-electron chi connectivity index (χ0n) is 21.5. The van der Waals surface area contributed by atoms with Crippen molar-refractivity contribution in [2.24, 2.45) is 11.0 Å². The molecule has 0 aliphatic carbocycles. The monoisotopic (exact) mass is 494 g/mol. The van der Waals surface area contributed by atoms with E-state index in [1.54, 1.807) is 18.2 Å². The smallest absolute Gasteiger partial charge is 0.262 e. The van der Waals surface area contributed by atoms with Gasteiger partial charge in [-0.15, -0.1) is 0 Å². The van der Waals surface area contributed by atoms with Gasteiger partial charge in [0, 0.05) is 0 Å². The van der Waals surface area contributed by atoms with Gasteiger partial charge in [0.25, 0.3) is 11.8 Å². The van der Waals surface area contributed by atoms with Crippen LogP contribution in [0.1, 0.15) is 43.9 Å². The lowest BCUT2D eigenvalue weighted by Gasteiger charge is -2.19. The molecule has 0 aliphatic rings. The minimum absolute atomic E-state index is 0.0951. The van der Waals surface area contributed by atoms with Crippen LogP contribution in [0.15, 0.2) is 41.5 Å². The summed E-state index contributed by atoms with van der Waals surface area (Å²) in [6.07, 6.45) is 1.91. The lowest BCUT2D eigenvalue weighted by Crippen LogP contribution is -2.47. The van der Waals surface area contributed by atoms with Crippen LogP contribution in [-0.2, 0) is 9.59 Å². The number of benzene rings is 2. The van der Waals surface area contributed by atoms with Gasteiger partial charge in [0.05, 0.1) is 12.8 Å². The van der Waals surface area contributed by atoms with Crippen molar-refractivity contribution in [3.8, 4) is 23.3 Å². The number of nitriles is 1. The van der Waals surface area contributed by atoms with Gasteiger partial charge in [0.1, 0.15) is 17.9 Å². The van der Waals surface area contributed by atoms with E-state index in [2.05, 4.69) is 15.8 Å². The molecule has 2 aromatic carbocycles. The number of carbonyl (C=O) groups is 2. The molecule has 9 nitrogen and oxygen atoms in total. The summed E-state index contributed by atoms with van der Waals surface area (Å²) in [7, 11) is 0. The predicted octanol–water partition coefficient (Wildman–Crippen LogP) is 3.66. The van der Waals surface area contributed by atoms with Crippen molar-refractivity contribution in [1.29, 1.82) is 5.26 Å². The van der Waals surface area contributed by atoms with Crippen molar-refractivity contribution >= 4 is 18.0 Å². The molecule has 192 valence electrons. The maximum atomic E-state index is 12.8. The van der Waals surface area contributed by atoms with Crippen LogP contribution in [0.2, 0.25) is 0 Å². The Labute approximate surface area is 212 Å². The van der Waals surface area contributed by atoms with E-state index in [1.807, 2.05) is 58.9 Å². The minimum Gasteiger partial charge on any atom is -0.490 e. The molecule has 0 aliphatic heterocycles. The van der Waals surface area contributed by atoms with E-state index in [-0.39, 0.29) is 19.1 Å². The molecule has 0 heterocycles. The number of carbonyl (C=O) groups excluding carboxylic acids is 2. The van der Waals surface area contributed by atoms with E-state index < -0.39 is 17.9 Å². The Morgan fingerprint density at radius 1 is 1.08 bits per heavy atom. The molecule has 0 radical (unpaired) electrons. The molecule has 1 atom stereocenters. The highest BCUT2D eigenvalue weighted by Gasteiger charge is 2.22. The highest BCUT2D eigenvalue weighted by Crippen LogP contribution is 2.28. The molecular weight excluding hydrogens is 460 g/mol. The van der Waals surface area contributed by atoms with E-state index in [1.165, 1.54) is 6.21 Å². The topological polar surface area (TPSA) is 122 Å². The van der Waals surface area contributed by atoms with Gasteiger partial charge >= 0.3 is 0 Å². The van der Waals surface area contributed by atoms with E-state index in [0.29, 0.717) is 35.8 Å². The first-order chi connectivity index (χ1) is 17.2. The predicted molar refractivity (Wildman–Crippen MR) is 137 cm³/mol. The molecule has 2 N–H and O–H groups in total. The summed E-state index contributed by atoms with van der Waals surface area (Å²) in [6, 6.07) is 12.0. The molecule has 0 bridgehead atoms. The molecule has 0 aromatic heterocycles. The fourth-order valence-corrected chi connectivity index (χ4v) is 3.45. The lowest BCUT2D eigenvalue weighted by atomic mass is 10.0. The number of hydrogen-bond donors (Lipinski definition) is 2. The van der Waals surface area contributed by atoms with Gasteiger partial charge in [-0.05, 0) is 68.0 Å². The summed E-state index contributed by atoms with van der Waals surface area (Å²) in [5.74, 6) is 0.923. The first-order valence-electron chi connectivity index (χ1n) is 11.8. The molecule has 36 heavy (non-hydrogen) atoms. The van der Waals surface area contributed by atoms with Crippen LogP contribution >= 0.6 is 0 Å². The van der Waals surface area contributed by atoms with Gasteiger partial charge in [0.15, 0.2) is 24.7 Å². The lowest BCUT2D eigenvalue weighted by molar-refractivity contribution is -0.130. The molecule has 2 aromatic rings. The summed E-state index contributed by atoms with van der Waals surface area (Å²) in [4.78, 5) is 25.3. The van der Waals surface area contributed by atoms with Crippen LogP contribution in [0.25, 0.3) is 0 Å². The number of para-hydroxylation sites is 1. The van der Waals surface area contributed by atoms with Crippen LogP contribution in [0.3, 0.4) is 0 Å². The SMILES string of the molecule is CCOc1cc(/C=N\NC(=O)[C@@H](CC(C)C)NC(=O)COc2c(C)cccc2C)ccc1OCC#N. The van der Waals surface area contributed by atoms with E-state index >= 15 is 0 Å². The number of hydrazone groups is 1. The second-order valence-electron chi connectivity index (χ2n) is 8.58. The van der Waals surface area contributed by atoms with Gasteiger partial charge in [0.2, 0.25) is 0 Å². The number of rotatable bonds is 13. The zero-order chi connectivity index (χ0) is 26.5. The zero-order valence-corrected chi connectivity index (χ0v) is 21.5. The average Bonchev–Trinajstić information content (AvgIpc) is 2.82. The Balaban J connectivity index is 2.00. The van der Waals surface area contributed by atoms with Crippen molar-refractivity contribution in [3.63, 3.8) is 0 Å². The maximum Gasteiger partial charge on any atom is 0.262 e. The average molecular weight is 495 g/mol. The maximum absolute atomic E-state index is 12.8. The van der Waals surface area contributed by atoms with E-state index in [0.717, 1.165) is 11.1 Å². The molecule has 0 saturated carbocycles. The fourth-order valence-electron chi connectivity index (χ4n) is 3.45. The molecule has 0 unspecified atom stereocenters. The number of hydrogen-bond acceptors (Lipinski definition) is 7. The Morgan fingerprint density at radius 3 is 2.44 bits per heavy atom. The van der Waals surface area contributed by atoms with Gasteiger partial charge in [-0.2, -0.15) is 10.4 Å². The second-order valence-corrected chi connectivity index (χ2v) is 8.58. The highest BCUT2D eigenvalue weighted by molar-refractivity contribution is 5.89. The van der Waals surface area contributed by atoms with E-state index in [9.17, 15) is 9.59 Å². The standard InChI is InChI=1S/C27H34N4O5/c1-6-34-24-15-21(10-11-23(24)35-13-12-28)16-29-31-27(33)22(14-18(2)3)30-25(32)17-36-26-19(4)8-7-9-20(26)5/h7-11,15-16,18,22H,6,13-14,17H2,1-5H3,(H,30,32)(H,31,33)/b29-16-/t22-/m1/s1. The summed E-state index contributed by atoms with van der Waals surface area (Å²) in [6.45, 7) is 9.73. The highest BCUT2D eigenvalue weighted by atomic mass is 16.5. The number of amides is 2. The third-order valence-corrected chi connectivity index (χ3v) is 5.06. The Bertz CT molecular complexity index is 1090. The third-order valence-electron chi connectivity index (χ3n) is 5.06. The van der Waals surface area contributed by atoms with Gasteiger partial charge in [-0.3, -0.25) is 9.59 Å². The summed E-state index contributed by atoms with van der Waals surface area (Å²) < 4.78 is 16.6. The van der Waals surface area contributed by atoms with Crippen molar-refractivity contribution < 1.29 is 23.8 Å². The van der Waals surface area contributed by atoms with Crippen LogP contribution in [0, 0.1) is 31.1 Å². The molecule has 0 saturated heterocycles. The second kappa shape index (κ2) is 14.4. The first kappa shape index (κ1) is 28.2. The van der Waals surface area contributed by atoms with Crippen LogP contribution in [0.5, 0.6) is 17.2 Å². The molecular formula is C27H34N4O5. The van der Waals surface area contributed by atoms with Crippen LogP contribution < -0.4 is 25.0 Å². The van der Waals surface area contributed by atoms with Gasteiger partial charge in [-0.1, -0.05) is 32.0 Å². The molecule has 2 rings (SSSR count). The summed E-state index contributed by atoms with van der Waals surface area (Å²) in [5.41, 5.74) is 5.03. The minimum atomic E-state index is -0.767. The van der Waals surface area contributed by atoms with E-state index in [4.69, 9.17) is 19.5 Å². The van der Waals surface area contributed by atoms with Crippen LogP contribution in [-0.4, -0.2) is 43.9 Å². The first-order valence-corrected chi connectivity index (χ1v) is 11.8. The van der Waals surface area contributed by atoms with Gasteiger partial charge in [-0.25, -0.2) is 5.43 Å². The molecule has 0 spiro atoms. The number of ether oxygens (including phenoxy) is 3. The number of nitrogens with zero attached hydrogens (tertiary/aromatic N) is 2. The van der Waals surface area contributed by atoms with Crippen molar-refractivity contribution in [3.05, 3.63) is 53.1 Å². The fraction of sp³-hybridized carbons (Fsp3) is 0.407. The quantitative estimate of drug-likeness (QED) is 0.324. The van der Waals surface area contributed by atoms with Crippen molar-refractivity contribution in [2.75, 3.05) is 19.8 Å². The van der Waals surface area contributed by atoms with Crippen molar-refractivity contribution in [2.45, 2.75) is 47.1 Å². The largest absolute Gasteiger partial charge is 0.490 e. The molecule has 2 amide bonds. The summed E-state index contributed by atoms with van der Waals surface area (Å²) >= 11 is 0. The van der Waals surface area contributed by atoms with Crippen LogP contribution in [0.4, 0.5) is 0 Å². The van der Waals surface area contributed by atoms with Gasteiger partial charge < -0.3 is 19.5 Å². The summed E-state index contributed by atoms with van der Waals surface area (Å²) in [5, 5.41) is 15.5. The Kier molecular flexibility index (Phi) is 11.2. The molecule has 0 fully saturated rings. The third kappa shape index (κ3) is 8.95. The number of nitrogens with one attached hydrogen (secondary N) is 2.